The van der Waals surface area contributed by atoms with Crippen LogP contribution in [-0.2, 0) is 29.2 Å². The van der Waals surface area contributed by atoms with E-state index in [-0.39, 0.29) is 43.2 Å². The van der Waals surface area contributed by atoms with Crippen LogP contribution >= 0.6 is 0 Å². The van der Waals surface area contributed by atoms with Gasteiger partial charge in [0.25, 0.3) is 5.91 Å². The number of fused-ring (bicyclic) bond motifs is 2. The van der Waals surface area contributed by atoms with Gasteiger partial charge in [0.2, 0.25) is 27.7 Å². The summed E-state index contributed by atoms with van der Waals surface area (Å²) >= 11 is 0. The Morgan fingerprint density at radius 3 is 2.46 bits per heavy atom. The van der Waals surface area contributed by atoms with E-state index < -0.39 is 38.7 Å². The van der Waals surface area contributed by atoms with Crippen LogP contribution in [-0.4, -0.2) is 66.4 Å². The quantitative estimate of drug-likeness (QED) is 0.455. The number of sulfonamides is 1. The molecule has 4 fully saturated rings. The number of rotatable bonds is 6. The van der Waals surface area contributed by atoms with Crippen LogP contribution in [0.2, 0.25) is 0 Å². The van der Waals surface area contributed by atoms with Crippen molar-refractivity contribution in [1.29, 1.82) is 0 Å². The Hall–Kier alpha value is -2.43. The van der Waals surface area contributed by atoms with Crippen molar-refractivity contribution in [3.05, 3.63) is 12.2 Å². The van der Waals surface area contributed by atoms with Gasteiger partial charge in [-0.25, -0.2) is 8.42 Å². The zero-order valence-electron chi connectivity index (χ0n) is 20.3. The molecular weight excluding hydrogens is 472 g/mol. The van der Waals surface area contributed by atoms with E-state index in [0.29, 0.717) is 25.7 Å². The predicted molar refractivity (Wildman–Crippen MR) is 128 cm³/mol. The monoisotopic (exact) mass is 508 g/mol. The second-order valence-electron chi connectivity index (χ2n) is 10.3. The van der Waals surface area contributed by atoms with Crippen LogP contribution in [0.25, 0.3) is 0 Å². The minimum atomic E-state index is -3.77. The van der Waals surface area contributed by atoms with Crippen molar-refractivity contribution >= 4 is 33.7 Å². The van der Waals surface area contributed by atoms with Crippen LogP contribution in [0, 0.1) is 5.92 Å². The molecule has 0 aromatic heterocycles. The minimum absolute atomic E-state index is 0.0841. The highest BCUT2D eigenvalue weighted by Crippen LogP contribution is 2.45. The van der Waals surface area contributed by atoms with Crippen molar-refractivity contribution in [3.63, 3.8) is 0 Å². The summed E-state index contributed by atoms with van der Waals surface area (Å²) < 4.78 is 26.9. The van der Waals surface area contributed by atoms with E-state index in [0.717, 1.165) is 32.1 Å². The number of nitrogens with zero attached hydrogens (tertiary/aromatic N) is 1. The molecule has 4 rings (SSSR count). The van der Waals surface area contributed by atoms with Crippen molar-refractivity contribution in [1.82, 2.24) is 20.3 Å². The number of amides is 4. The summed E-state index contributed by atoms with van der Waals surface area (Å²) in [7, 11) is -3.77. The Balaban J connectivity index is 1.50. The van der Waals surface area contributed by atoms with Crippen molar-refractivity contribution in [2.75, 3.05) is 6.54 Å². The molecule has 0 aromatic carbocycles. The molecule has 0 aromatic rings. The highest BCUT2D eigenvalue weighted by Gasteiger charge is 2.62. The van der Waals surface area contributed by atoms with Crippen LogP contribution in [0.3, 0.4) is 0 Å². The average Bonchev–Trinajstić information content (AvgIpc) is 3.71. The number of carbonyl (C=O) groups excluding carboxylic acids is 4. The summed E-state index contributed by atoms with van der Waals surface area (Å²) in [5.74, 6) is -1.78. The molecule has 2 aliphatic heterocycles. The first-order chi connectivity index (χ1) is 16.7. The van der Waals surface area contributed by atoms with Gasteiger partial charge in [0, 0.05) is 31.3 Å². The third-order valence-electron chi connectivity index (χ3n) is 7.47. The number of hydrogen-bond donors (Lipinski definition) is 3. The highest BCUT2D eigenvalue weighted by molar-refractivity contribution is 7.91. The molecule has 2 saturated heterocycles. The zero-order chi connectivity index (χ0) is 25.2. The van der Waals surface area contributed by atoms with E-state index in [4.69, 9.17) is 0 Å². The molecule has 11 heteroatoms. The fourth-order valence-electron chi connectivity index (χ4n) is 5.20. The molecule has 194 valence electrons. The maximum atomic E-state index is 13.5. The van der Waals surface area contributed by atoms with Crippen LogP contribution in [0.1, 0.15) is 77.6 Å². The molecule has 2 aliphatic carbocycles. The lowest BCUT2D eigenvalue weighted by Gasteiger charge is -2.26. The Kier molecular flexibility index (Phi) is 7.54. The minimum Gasteiger partial charge on any atom is -0.351 e. The predicted octanol–water partition coefficient (Wildman–Crippen LogP) is 0.876. The summed E-state index contributed by atoms with van der Waals surface area (Å²) in [4.78, 5) is 53.4. The van der Waals surface area contributed by atoms with Crippen molar-refractivity contribution < 1.29 is 27.6 Å². The van der Waals surface area contributed by atoms with Crippen LogP contribution in [0.4, 0.5) is 0 Å². The van der Waals surface area contributed by atoms with Crippen LogP contribution in [0.15, 0.2) is 12.2 Å². The third kappa shape index (κ3) is 5.87. The molecule has 4 aliphatic rings. The summed E-state index contributed by atoms with van der Waals surface area (Å²) in [5.41, 5.74) is -1.36. The van der Waals surface area contributed by atoms with Gasteiger partial charge in [0.05, 0.1) is 5.25 Å². The topological polar surface area (TPSA) is 142 Å². The Morgan fingerprint density at radius 1 is 1.09 bits per heavy atom. The maximum absolute atomic E-state index is 13.5. The Labute approximate surface area is 206 Å². The molecule has 0 radical (unpaired) electrons. The van der Waals surface area contributed by atoms with Gasteiger partial charge in [-0.3, -0.25) is 23.9 Å². The molecule has 10 nitrogen and oxygen atoms in total. The summed E-state index contributed by atoms with van der Waals surface area (Å²) in [6, 6.07) is -1.17. The Bertz CT molecular complexity index is 1010. The van der Waals surface area contributed by atoms with E-state index in [2.05, 4.69) is 15.4 Å². The van der Waals surface area contributed by atoms with Gasteiger partial charge in [-0.1, -0.05) is 31.4 Å². The van der Waals surface area contributed by atoms with Gasteiger partial charge in [-0.2, -0.15) is 0 Å². The molecule has 35 heavy (non-hydrogen) atoms. The smallest absolute Gasteiger partial charge is 0.259 e. The number of hydrogen-bond acceptors (Lipinski definition) is 6. The molecule has 0 spiro atoms. The van der Waals surface area contributed by atoms with Crippen molar-refractivity contribution in [3.8, 4) is 0 Å². The van der Waals surface area contributed by atoms with Gasteiger partial charge in [-0.15, -0.1) is 0 Å². The fraction of sp³-hybridized carbons (Fsp3) is 0.750. The molecule has 2 bridgehead atoms. The Morgan fingerprint density at radius 2 is 1.77 bits per heavy atom. The van der Waals surface area contributed by atoms with E-state index in [1.807, 2.05) is 0 Å². The van der Waals surface area contributed by atoms with Gasteiger partial charge >= 0.3 is 0 Å². The molecule has 3 N–H and O–H groups in total. The first-order valence-electron chi connectivity index (χ1n) is 12.8. The molecule has 2 saturated carbocycles. The standard InChI is InChI=1S/C24H36N4O6S/c1-2-8-16-14-24(16,23(32)27-35(33,34)18-11-12-18)26-22(31)19-13-17-15-28(19)21(30)10-7-5-3-4-6-9-20(29)25-17/h2,8,16-19H,3-7,9-15H2,1H3,(H,25,29)(H,26,31)(H,27,32)/b8-2-. The summed E-state index contributed by atoms with van der Waals surface area (Å²) in [6.45, 7) is 2.04. The lowest BCUT2D eigenvalue weighted by Crippen LogP contribution is -2.56. The van der Waals surface area contributed by atoms with E-state index in [1.54, 1.807) is 19.1 Å². The maximum Gasteiger partial charge on any atom is 0.259 e. The summed E-state index contributed by atoms with van der Waals surface area (Å²) in [6.07, 6.45) is 10.2. The van der Waals surface area contributed by atoms with Crippen molar-refractivity contribution in [2.24, 2.45) is 5.92 Å². The largest absolute Gasteiger partial charge is 0.351 e. The molecule has 4 amide bonds. The second-order valence-corrected chi connectivity index (χ2v) is 12.3. The first kappa shape index (κ1) is 25.7. The van der Waals surface area contributed by atoms with Crippen LogP contribution < -0.4 is 15.4 Å². The lowest BCUT2D eigenvalue weighted by atomic mass is 10.1. The molecule has 2 heterocycles. The van der Waals surface area contributed by atoms with Gasteiger partial charge in [-0.05, 0) is 45.4 Å². The van der Waals surface area contributed by atoms with Crippen LogP contribution in [0.5, 0.6) is 0 Å². The SMILES string of the molecule is C/C=C\C1CC1(NC(=O)C1CC2CN1C(=O)CCCCCCCC(=O)N2)C(=O)NS(=O)(=O)C1CC1. The average molecular weight is 509 g/mol. The van der Waals surface area contributed by atoms with E-state index >= 15 is 0 Å². The normalized spacial score (nSPS) is 32.3. The first-order valence-corrected chi connectivity index (χ1v) is 14.3. The van der Waals surface area contributed by atoms with Gasteiger partial charge in [0.15, 0.2) is 0 Å². The highest BCUT2D eigenvalue weighted by atomic mass is 32.2. The zero-order valence-corrected chi connectivity index (χ0v) is 21.1. The number of nitrogens with one attached hydrogen (secondary N) is 3. The summed E-state index contributed by atoms with van der Waals surface area (Å²) in [5, 5.41) is 5.20. The second kappa shape index (κ2) is 10.3. The molecule has 4 unspecified atom stereocenters. The van der Waals surface area contributed by atoms with E-state index in [1.165, 1.54) is 4.90 Å². The third-order valence-corrected chi connectivity index (χ3v) is 9.29. The van der Waals surface area contributed by atoms with Gasteiger partial charge < -0.3 is 15.5 Å². The number of carbonyl (C=O) groups is 4. The number of allylic oxidation sites excluding steroid dienone is 1. The lowest BCUT2D eigenvalue weighted by molar-refractivity contribution is -0.139. The molecule has 4 atom stereocenters. The fourth-order valence-corrected chi connectivity index (χ4v) is 6.56. The molecular formula is C24H36N4O6S. The van der Waals surface area contributed by atoms with E-state index in [9.17, 15) is 27.6 Å². The van der Waals surface area contributed by atoms with Crippen molar-refractivity contribution in [2.45, 2.75) is 100 Å². The van der Waals surface area contributed by atoms with Gasteiger partial charge in [0.1, 0.15) is 11.6 Å².